The van der Waals surface area contributed by atoms with Crippen molar-refractivity contribution in [3.05, 3.63) is 0 Å². The molecule has 0 aliphatic carbocycles. The molecule has 0 saturated heterocycles. The van der Waals surface area contributed by atoms with Crippen molar-refractivity contribution >= 4 is 9.84 Å². The van der Waals surface area contributed by atoms with Crippen molar-refractivity contribution in [1.29, 1.82) is 0 Å². The Balaban J connectivity index is 4.19. The van der Waals surface area contributed by atoms with Gasteiger partial charge in [0.1, 0.15) is 0 Å². The third-order valence-corrected chi connectivity index (χ3v) is 4.57. The van der Waals surface area contributed by atoms with Gasteiger partial charge in [0.2, 0.25) is 0 Å². The summed E-state index contributed by atoms with van der Waals surface area (Å²) in [6, 6.07) is 0.453. The first-order valence-electron chi connectivity index (χ1n) is 5.78. The third kappa shape index (κ3) is 6.15. The Hall–Kier alpha value is -0.0900. The van der Waals surface area contributed by atoms with E-state index in [1.807, 2.05) is 6.92 Å². The van der Waals surface area contributed by atoms with Gasteiger partial charge in [0.25, 0.3) is 0 Å². The van der Waals surface area contributed by atoms with E-state index in [2.05, 4.69) is 26.1 Å². The van der Waals surface area contributed by atoms with Gasteiger partial charge in [-0.2, -0.15) is 0 Å². The van der Waals surface area contributed by atoms with E-state index in [0.717, 1.165) is 6.42 Å². The normalized spacial score (nSPS) is 16.7. The zero-order chi connectivity index (χ0) is 12.1. The van der Waals surface area contributed by atoms with Crippen LogP contribution in [0.25, 0.3) is 0 Å². The summed E-state index contributed by atoms with van der Waals surface area (Å²) in [7, 11) is -2.86. The van der Waals surface area contributed by atoms with Crippen molar-refractivity contribution in [2.75, 3.05) is 11.5 Å². The standard InChI is InChI=1S/C11H25NO2S/c1-6-11(9(3)4)12-10(5)8-15(13,14)7-2/h9-12H,6-8H2,1-5H3. The van der Waals surface area contributed by atoms with Crippen LogP contribution in [0, 0.1) is 5.92 Å². The molecule has 1 N–H and O–H groups in total. The summed E-state index contributed by atoms with van der Waals surface area (Å²) in [6.45, 7) is 10.1. The molecule has 0 fully saturated rings. The fraction of sp³-hybridized carbons (Fsp3) is 1.00. The number of sulfone groups is 1. The highest BCUT2D eigenvalue weighted by molar-refractivity contribution is 7.91. The van der Waals surface area contributed by atoms with Crippen molar-refractivity contribution in [2.45, 2.75) is 53.1 Å². The van der Waals surface area contributed by atoms with Crippen LogP contribution < -0.4 is 5.32 Å². The minimum atomic E-state index is -2.86. The van der Waals surface area contributed by atoms with Gasteiger partial charge in [-0.15, -0.1) is 0 Å². The van der Waals surface area contributed by atoms with E-state index < -0.39 is 9.84 Å². The van der Waals surface area contributed by atoms with Gasteiger partial charge < -0.3 is 5.32 Å². The van der Waals surface area contributed by atoms with Crippen molar-refractivity contribution in [3.63, 3.8) is 0 Å². The van der Waals surface area contributed by atoms with Gasteiger partial charge >= 0.3 is 0 Å². The van der Waals surface area contributed by atoms with E-state index in [1.165, 1.54) is 0 Å². The Bertz CT molecular complexity index is 260. The first-order chi connectivity index (χ1) is 6.82. The minimum absolute atomic E-state index is 0.0438. The van der Waals surface area contributed by atoms with Crippen LogP contribution in [-0.2, 0) is 9.84 Å². The number of rotatable bonds is 7. The van der Waals surface area contributed by atoms with Crippen LogP contribution >= 0.6 is 0 Å². The number of hydrogen-bond acceptors (Lipinski definition) is 3. The smallest absolute Gasteiger partial charge is 0.151 e. The van der Waals surface area contributed by atoms with E-state index in [0.29, 0.717) is 12.0 Å². The molecule has 0 aromatic rings. The third-order valence-electron chi connectivity index (χ3n) is 2.69. The second kappa shape index (κ2) is 6.48. The molecule has 0 aromatic heterocycles. The van der Waals surface area contributed by atoms with E-state index in [4.69, 9.17) is 0 Å². The Morgan fingerprint density at radius 2 is 1.67 bits per heavy atom. The largest absolute Gasteiger partial charge is 0.310 e. The lowest BCUT2D eigenvalue weighted by molar-refractivity contribution is 0.362. The molecule has 0 rings (SSSR count). The highest BCUT2D eigenvalue weighted by Crippen LogP contribution is 2.07. The average Bonchev–Trinajstić information content (AvgIpc) is 2.13. The predicted octanol–water partition coefficient (Wildman–Crippen LogP) is 1.83. The molecule has 0 aliphatic heterocycles. The second-order valence-electron chi connectivity index (χ2n) is 4.53. The topological polar surface area (TPSA) is 46.2 Å². The van der Waals surface area contributed by atoms with Crippen LogP contribution in [0.1, 0.15) is 41.0 Å². The number of nitrogens with one attached hydrogen (secondary N) is 1. The number of hydrogen-bond donors (Lipinski definition) is 1. The molecular formula is C11H25NO2S. The van der Waals surface area contributed by atoms with Gasteiger partial charge in [0, 0.05) is 17.8 Å². The van der Waals surface area contributed by atoms with E-state index in [1.54, 1.807) is 6.92 Å². The van der Waals surface area contributed by atoms with Gasteiger partial charge in [0.05, 0.1) is 5.75 Å². The lowest BCUT2D eigenvalue weighted by Crippen LogP contribution is -2.43. The van der Waals surface area contributed by atoms with Gasteiger partial charge in [-0.3, -0.25) is 0 Å². The molecule has 0 aromatic carbocycles. The summed E-state index contributed by atoms with van der Waals surface area (Å²) >= 11 is 0. The lowest BCUT2D eigenvalue weighted by Gasteiger charge is -2.25. The molecule has 0 bridgehead atoms. The van der Waals surface area contributed by atoms with Gasteiger partial charge in [-0.05, 0) is 19.3 Å². The summed E-state index contributed by atoms with van der Waals surface area (Å²) in [4.78, 5) is 0. The van der Waals surface area contributed by atoms with Crippen molar-refractivity contribution in [2.24, 2.45) is 5.92 Å². The summed E-state index contributed by atoms with van der Waals surface area (Å²) in [5.41, 5.74) is 0. The molecule has 92 valence electrons. The minimum Gasteiger partial charge on any atom is -0.310 e. The molecule has 0 aliphatic rings. The Labute approximate surface area is 94.6 Å². The Kier molecular flexibility index (Phi) is 6.44. The highest BCUT2D eigenvalue weighted by Gasteiger charge is 2.18. The first kappa shape index (κ1) is 14.9. The fourth-order valence-corrected chi connectivity index (χ4v) is 2.79. The maximum atomic E-state index is 11.4. The van der Waals surface area contributed by atoms with Crippen LogP contribution in [0.2, 0.25) is 0 Å². The summed E-state index contributed by atoms with van der Waals surface area (Å²) in [5.74, 6) is 1.02. The molecule has 15 heavy (non-hydrogen) atoms. The van der Waals surface area contributed by atoms with Gasteiger partial charge in [-0.25, -0.2) is 8.42 Å². The zero-order valence-corrected chi connectivity index (χ0v) is 11.4. The van der Waals surface area contributed by atoms with Crippen molar-refractivity contribution < 1.29 is 8.42 Å². The molecule has 2 atom stereocenters. The quantitative estimate of drug-likeness (QED) is 0.732. The molecule has 0 amide bonds. The fourth-order valence-electron chi connectivity index (χ4n) is 1.69. The molecule has 0 saturated carbocycles. The Morgan fingerprint density at radius 1 is 1.13 bits per heavy atom. The van der Waals surface area contributed by atoms with Crippen LogP contribution in [0.3, 0.4) is 0 Å². The molecule has 0 spiro atoms. The summed E-state index contributed by atoms with van der Waals surface area (Å²) in [5, 5.41) is 3.38. The zero-order valence-electron chi connectivity index (χ0n) is 10.6. The predicted molar refractivity (Wildman–Crippen MR) is 65.8 cm³/mol. The van der Waals surface area contributed by atoms with Crippen molar-refractivity contribution in [1.82, 2.24) is 5.32 Å². The van der Waals surface area contributed by atoms with Gasteiger partial charge in [-0.1, -0.05) is 27.7 Å². The molecule has 0 heterocycles. The molecule has 3 nitrogen and oxygen atoms in total. The van der Waals surface area contributed by atoms with Crippen molar-refractivity contribution in [3.8, 4) is 0 Å². The summed E-state index contributed by atoms with van der Waals surface area (Å²) < 4.78 is 22.8. The molecular weight excluding hydrogens is 210 g/mol. The molecule has 2 unspecified atom stereocenters. The highest BCUT2D eigenvalue weighted by atomic mass is 32.2. The monoisotopic (exact) mass is 235 g/mol. The van der Waals surface area contributed by atoms with Crippen LogP contribution in [-0.4, -0.2) is 32.0 Å². The van der Waals surface area contributed by atoms with E-state index >= 15 is 0 Å². The molecule has 4 heteroatoms. The second-order valence-corrected chi connectivity index (χ2v) is 6.92. The van der Waals surface area contributed by atoms with Crippen LogP contribution in [0.5, 0.6) is 0 Å². The van der Waals surface area contributed by atoms with Crippen LogP contribution in [0.15, 0.2) is 0 Å². The molecule has 0 radical (unpaired) electrons. The Morgan fingerprint density at radius 3 is 2.00 bits per heavy atom. The average molecular weight is 235 g/mol. The van der Waals surface area contributed by atoms with Gasteiger partial charge in [0.15, 0.2) is 9.84 Å². The maximum Gasteiger partial charge on any atom is 0.151 e. The summed E-state index contributed by atoms with van der Waals surface area (Å²) in [6.07, 6.45) is 1.04. The maximum absolute atomic E-state index is 11.4. The van der Waals surface area contributed by atoms with E-state index in [-0.39, 0.29) is 17.5 Å². The first-order valence-corrected chi connectivity index (χ1v) is 7.61. The van der Waals surface area contributed by atoms with E-state index in [9.17, 15) is 8.42 Å². The SMILES string of the molecule is CCC(NC(C)CS(=O)(=O)CC)C(C)C. The lowest BCUT2D eigenvalue weighted by atomic mass is 10.0. The van der Waals surface area contributed by atoms with Crippen LogP contribution in [0.4, 0.5) is 0 Å².